The first-order valence-electron chi connectivity index (χ1n) is 6.26. The fourth-order valence-electron chi connectivity index (χ4n) is 2.06. The molecule has 0 heterocycles. The van der Waals surface area contributed by atoms with Gasteiger partial charge in [-0.3, -0.25) is 0 Å². The van der Waals surface area contributed by atoms with Crippen molar-refractivity contribution in [2.45, 2.75) is 13.0 Å². The smallest absolute Gasteiger partial charge is 0.137 e. The Morgan fingerprint density at radius 1 is 1.10 bits per heavy atom. The number of rotatable bonds is 4. The van der Waals surface area contributed by atoms with Gasteiger partial charge in [-0.15, -0.1) is 0 Å². The van der Waals surface area contributed by atoms with E-state index in [1.54, 1.807) is 18.2 Å². The molecule has 112 valence electrons. The van der Waals surface area contributed by atoms with Gasteiger partial charge < -0.3 is 5.32 Å². The third-order valence-corrected chi connectivity index (χ3v) is 4.86. The monoisotopic (exact) mass is 437 g/mol. The molecule has 0 radical (unpaired) electrons. The Labute approximate surface area is 144 Å². The predicted octanol–water partition coefficient (Wildman–Crippen LogP) is 5.84. The number of hydrogen-bond donors (Lipinski definition) is 1. The van der Waals surface area contributed by atoms with E-state index < -0.39 is 17.7 Å². The van der Waals surface area contributed by atoms with E-state index in [1.807, 2.05) is 6.92 Å². The molecule has 2 aromatic carbocycles. The van der Waals surface area contributed by atoms with Gasteiger partial charge in [-0.25, -0.2) is 8.78 Å². The summed E-state index contributed by atoms with van der Waals surface area (Å²) in [6.07, 6.45) is 0. The van der Waals surface area contributed by atoms with Gasteiger partial charge in [0.1, 0.15) is 11.6 Å². The molecule has 0 aliphatic carbocycles. The van der Waals surface area contributed by atoms with Gasteiger partial charge in [0.15, 0.2) is 0 Å². The maximum Gasteiger partial charge on any atom is 0.137 e. The van der Waals surface area contributed by atoms with Gasteiger partial charge >= 0.3 is 0 Å². The molecule has 0 fully saturated rings. The largest absolute Gasteiger partial charge is 0.306 e. The highest BCUT2D eigenvalue weighted by Gasteiger charge is 2.20. The summed E-state index contributed by atoms with van der Waals surface area (Å²) in [6.45, 7) is 2.52. The maximum absolute atomic E-state index is 14.2. The first-order chi connectivity index (χ1) is 9.93. The van der Waals surface area contributed by atoms with Gasteiger partial charge in [0, 0.05) is 10.0 Å². The highest BCUT2D eigenvalue weighted by atomic mass is 79.9. The molecule has 0 bridgehead atoms. The summed E-state index contributed by atoms with van der Waals surface area (Å²) < 4.78 is 28.8. The van der Waals surface area contributed by atoms with E-state index in [9.17, 15) is 8.78 Å². The van der Waals surface area contributed by atoms with Gasteiger partial charge in [-0.1, -0.05) is 24.6 Å². The zero-order chi connectivity index (χ0) is 15.6. The van der Waals surface area contributed by atoms with Crippen molar-refractivity contribution >= 4 is 43.5 Å². The molecular weight excluding hydrogens is 427 g/mol. The molecule has 0 amide bonds. The van der Waals surface area contributed by atoms with Gasteiger partial charge in [-0.05, 0) is 68.2 Å². The van der Waals surface area contributed by atoms with E-state index >= 15 is 0 Å². The Morgan fingerprint density at radius 3 is 2.43 bits per heavy atom. The molecule has 1 N–H and O–H groups in total. The van der Waals surface area contributed by atoms with Crippen LogP contribution in [0.25, 0.3) is 0 Å². The van der Waals surface area contributed by atoms with Crippen LogP contribution in [0.15, 0.2) is 39.3 Å². The van der Waals surface area contributed by atoms with Crippen LogP contribution < -0.4 is 5.32 Å². The summed E-state index contributed by atoms with van der Waals surface area (Å²) in [5, 5.41) is 3.73. The van der Waals surface area contributed by atoms with Crippen molar-refractivity contribution in [3.8, 4) is 0 Å². The van der Waals surface area contributed by atoms with Gasteiger partial charge in [0.2, 0.25) is 0 Å². The summed E-state index contributed by atoms with van der Waals surface area (Å²) in [5.41, 5.74) is 1.06. The molecule has 2 aromatic rings. The number of benzene rings is 2. The molecular formula is C15H12Br2ClF2N. The number of nitrogens with one attached hydrogen (secondary N) is 1. The van der Waals surface area contributed by atoms with Crippen molar-refractivity contribution in [1.29, 1.82) is 0 Å². The molecule has 6 heteroatoms. The van der Waals surface area contributed by atoms with Crippen molar-refractivity contribution in [3.05, 3.63) is 67.1 Å². The SMILES string of the molecule is CCNC(c1ccc(Cl)c(Br)c1)c1cc(F)c(Br)cc1F. The van der Waals surface area contributed by atoms with Crippen LogP contribution in [0.4, 0.5) is 8.78 Å². The van der Waals surface area contributed by atoms with Crippen molar-refractivity contribution in [2.75, 3.05) is 6.54 Å². The third-order valence-electron chi connectivity index (χ3n) is 3.04. The molecule has 1 unspecified atom stereocenters. The second-order valence-electron chi connectivity index (χ2n) is 4.45. The number of hydrogen-bond acceptors (Lipinski definition) is 1. The molecule has 1 atom stereocenters. The van der Waals surface area contributed by atoms with E-state index in [1.165, 1.54) is 6.07 Å². The predicted molar refractivity (Wildman–Crippen MR) is 88.7 cm³/mol. The van der Waals surface area contributed by atoms with E-state index in [2.05, 4.69) is 37.2 Å². The molecule has 0 saturated heterocycles. The van der Waals surface area contributed by atoms with Crippen LogP contribution in [-0.4, -0.2) is 6.54 Å². The lowest BCUT2D eigenvalue weighted by atomic mass is 9.98. The Balaban J connectivity index is 2.52. The van der Waals surface area contributed by atoms with Crippen LogP contribution in [0, 0.1) is 11.6 Å². The minimum absolute atomic E-state index is 0.108. The molecule has 0 aromatic heterocycles. The second-order valence-corrected chi connectivity index (χ2v) is 6.57. The topological polar surface area (TPSA) is 12.0 Å². The van der Waals surface area contributed by atoms with Gasteiger partial charge in [0.05, 0.1) is 15.5 Å². The molecule has 0 aliphatic heterocycles. The van der Waals surface area contributed by atoms with Crippen LogP contribution in [-0.2, 0) is 0 Å². The highest BCUT2D eigenvalue weighted by Crippen LogP contribution is 2.32. The summed E-state index contributed by atoms with van der Waals surface area (Å²) in [4.78, 5) is 0. The van der Waals surface area contributed by atoms with E-state index in [0.29, 0.717) is 16.0 Å². The molecule has 1 nitrogen and oxygen atoms in total. The molecule has 21 heavy (non-hydrogen) atoms. The average Bonchev–Trinajstić information content (AvgIpc) is 2.44. The Morgan fingerprint density at radius 2 is 1.81 bits per heavy atom. The zero-order valence-corrected chi connectivity index (χ0v) is 15.0. The van der Waals surface area contributed by atoms with Crippen molar-refractivity contribution in [3.63, 3.8) is 0 Å². The van der Waals surface area contributed by atoms with Crippen molar-refractivity contribution in [2.24, 2.45) is 0 Å². The van der Waals surface area contributed by atoms with E-state index in [4.69, 9.17) is 11.6 Å². The zero-order valence-electron chi connectivity index (χ0n) is 11.1. The van der Waals surface area contributed by atoms with Gasteiger partial charge in [0.25, 0.3) is 0 Å². The third kappa shape index (κ3) is 3.83. The van der Waals surface area contributed by atoms with Crippen LogP contribution in [0.2, 0.25) is 5.02 Å². The van der Waals surface area contributed by atoms with Crippen LogP contribution >= 0.6 is 43.5 Å². The summed E-state index contributed by atoms with van der Waals surface area (Å²) in [5.74, 6) is -0.970. The van der Waals surface area contributed by atoms with Crippen molar-refractivity contribution < 1.29 is 8.78 Å². The van der Waals surface area contributed by atoms with Gasteiger partial charge in [-0.2, -0.15) is 0 Å². The van der Waals surface area contributed by atoms with Crippen LogP contribution in [0.5, 0.6) is 0 Å². The Hall–Kier alpha value is -0.490. The van der Waals surface area contributed by atoms with Crippen molar-refractivity contribution in [1.82, 2.24) is 5.32 Å². The quantitative estimate of drug-likeness (QED) is 0.590. The fraction of sp³-hybridized carbons (Fsp3) is 0.200. The number of halogens is 5. The van der Waals surface area contributed by atoms with E-state index in [-0.39, 0.29) is 10.0 Å². The van der Waals surface area contributed by atoms with Crippen LogP contribution in [0.3, 0.4) is 0 Å². The highest BCUT2D eigenvalue weighted by molar-refractivity contribution is 9.10. The first-order valence-corrected chi connectivity index (χ1v) is 8.23. The standard InChI is InChI=1S/C15H12Br2ClF2N/c1-2-21-15(8-3-4-12(18)10(16)5-8)9-6-14(20)11(17)7-13(9)19/h3-7,15,21H,2H2,1H3. The molecule has 0 spiro atoms. The molecule has 0 saturated carbocycles. The maximum atomic E-state index is 14.2. The average molecular weight is 440 g/mol. The molecule has 2 rings (SSSR count). The van der Waals surface area contributed by atoms with E-state index in [0.717, 1.165) is 11.6 Å². The summed E-state index contributed by atoms with van der Waals surface area (Å²) >= 11 is 12.3. The fourth-order valence-corrected chi connectivity index (χ4v) is 2.89. The summed E-state index contributed by atoms with van der Waals surface area (Å²) in [6, 6.07) is 7.20. The minimum Gasteiger partial charge on any atom is -0.306 e. The first kappa shape index (κ1) is 16.9. The van der Waals surface area contributed by atoms with Crippen LogP contribution in [0.1, 0.15) is 24.1 Å². The normalized spacial score (nSPS) is 12.5. The Bertz CT molecular complexity index is 664. The second kappa shape index (κ2) is 7.18. The summed E-state index contributed by atoms with van der Waals surface area (Å²) in [7, 11) is 0. The lowest BCUT2D eigenvalue weighted by Gasteiger charge is -2.20. The molecule has 0 aliphatic rings. The minimum atomic E-state index is -0.498. The lowest BCUT2D eigenvalue weighted by Crippen LogP contribution is -2.23. The Kier molecular flexibility index (Phi) is 5.77. The lowest BCUT2D eigenvalue weighted by molar-refractivity contribution is 0.542.